The van der Waals surface area contributed by atoms with Crippen LogP contribution in [0.2, 0.25) is 5.02 Å². The Balaban J connectivity index is 1.70. The molecular weight excluding hydrogens is 282 g/mol. The van der Waals surface area contributed by atoms with Crippen molar-refractivity contribution in [1.82, 2.24) is 9.78 Å². The summed E-state index contributed by atoms with van der Waals surface area (Å²) in [5, 5.41) is 5.16. The van der Waals surface area contributed by atoms with E-state index in [1.165, 1.54) is 16.7 Å². The van der Waals surface area contributed by atoms with Gasteiger partial charge in [-0.25, -0.2) is 4.57 Å². The van der Waals surface area contributed by atoms with Gasteiger partial charge in [0.1, 0.15) is 6.54 Å². The summed E-state index contributed by atoms with van der Waals surface area (Å²) in [7, 11) is 0. The summed E-state index contributed by atoms with van der Waals surface area (Å²) in [4.78, 5) is 0. The predicted octanol–water partition coefficient (Wildman–Crippen LogP) is 3.23. The number of aromatic nitrogens is 3. The Labute approximate surface area is 129 Å². The highest BCUT2D eigenvalue weighted by atomic mass is 35.5. The lowest BCUT2D eigenvalue weighted by Gasteiger charge is -1.99. The molecule has 0 N–H and O–H groups in total. The third-order valence-electron chi connectivity index (χ3n) is 3.35. The van der Waals surface area contributed by atoms with Crippen LogP contribution >= 0.6 is 11.6 Å². The fourth-order valence-electron chi connectivity index (χ4n) is 2.25. The monoisotopic (exact) mass is 298 g/mol. The second kappa shape index (κ2) is 6.10. The van der Waals surface area contributed by atoms with Gasteiger partial charge in [0.15, 0.2) is 0 Å². The van der Waals surface area contributed by atoms with Crippen molar-refractivity contribution >= 4 is 11.6 Å². The summed E-state index contributed by atoms with van der Waals surface area (Å²) >= 11 is 6.01. The number of nitrogens with zero attached hydrogens (tertiary/aromatic N) is 3. The molecule has 3 nitrogen and oxygen atoms in total. The van der Waals surface area contributed by atoms with Crippen molar-refractivity contribution in [3.8, 4) is 0 Å². The minimum Gasteiger partial charge on any atom is -0.233 e. The molecule has 0 saturated heterocycles. The Kier molecular flexibility index (Phi) is 4.02. The van der Waals surface area contributed by atoms with Crippen LogP contribution in [-0.2, 0) is 13.1 Å². The lowest BCUT2D eigenvalue weighted by atomic mass is 10.1. The van der Waals surface area contributed by atoms with Crippen LogP contribution in [0.25, 0.3) is 0 Å². The van der Waals surface area contributed by atoms with Gasteiger partial charge in [-0.3, -0.25) is 0 Å². The summed E-state index contributed by atoms with van der Waals surface area (Å²) in [5.41, 5.74) is 3.69. The van der Waals surface area contributed by atoms with Crippen molar-refractivity contribution < 1.29 is 4.57 Å². The Hall–Kier alpha value is -2.13. The first-order valence-corrected chi connectivity index (χ1v) is 7.28. The number of benzene rings is 2. The Morgan fingerprint density at radius 1 is 1.10 bits per heavy atom. The van der Waals surface area contributed by atoms with Gasteiger partial charge in [-0.05, 0) is 30.2 Å². The molecule has 0 spiro atoms. The van der Waals surface area contributed by atoms with Crippen LogP contribution in [0.5, 0.6) is 0 Å². The summed E-state index contributed by atoms with van der Waals surface area (Å²) < 4.78 is 4.00. The minimum atomic E-state index is 0.764. The molecule has 0 atom stereocenters. The molecule has 0 bridgehead atoms. The van der Waals surface area contributed by atoms with Crippen molar-refractivity contribution in [2.75, 3.05) is 0 Å². The Morgan fingerprint density at radius 3 is 2.67 bits per heavy atom. The molecule has 0 radical (unpaired) electrons. The van der Waals surface area contributed by atoms with Gasteiger partial charge in [-0.15, -0.1) is 4.68 Å². The summed E-state index contributed by atoms with van der Waals surface area (Å²) in [6, 6.07) is 16.4. The zero-order valence-electron chi connectivity index (χ0n) is 11.9. The molecule has 3 rings (SSSR count). The van der Waals surface area contributed by atoms with Crippen molar-refractivity contribution in [3.63, 3.8) is 0 Å². The van der Waals surface area contributed by atoms with Crippen LogP contribution < -0.4 is 4.57 Å². The molecule has 4 heteroatoms. The van der Waals surface area contributed by atoms with E-state index in [1.807, 2.05) is 35.5 Å². The zero-order valence-corrected chi connectivity index (χ0v) is 12.7. The first kappa shape index (κ1) is 13.8. The molecule has 0 saturated carbocycles. The number of hydrogen-bond acceptors (Lipinski definition) is 1. The van der Waals surface area contributed by atoms with Crippen molar-refractivity contribution in [3.05, 3.63) is 82.9 Å². The minimum absolute atomic E-state index is 0.764. The van der Waals surface area contributed by atoms with Crippen LogP contribution in [0.3, 0.4) is 0 Å². The molecule has 0 amide bonds. The van der Waals surface area contributed by atoms with E-state index in [0.29, 0.717) is 0 Å². The van der Waals surface area contributed by atoms with Gasteiger partial charge >= 0.3 is 0 Å². The van der Waals surface area contributed by atoms with E-state index in [1.54, 1.807) is 0 Å². The van der Waals surface area contributed by atoms with E-state index in [9.17, 15) is 0 Å². The van der Waals surface area contributed by atoms with Crippen molar-refractivity contribution in [2.45, 2.75) is 20.0 Å². The third-order valence-corrected chi connectivity index (χ3v) is 3.58. The molecule has 0 unspecified atom stereocenters. The highest BCUT2D eigenvalue weighted by molar-refractivity contribution is 6.30. The molecule has 1 aromatic heterocycles. The lowest BCUT2D eigenvalue weighted by molar-refractivity contribution is -0.689. The summed E-state index contributed by atoms with van der Waals surface area (Å²) in [6.45, 7) is 3.65. The quantitative estimate of drug-likeness (QED) is 0.678. The zero-order chi connectivity index (χ0) is 14.7. The SMILES string of the molecule is Cc1ccc(Cn2c[n+](Cc3cccc(Cl)c3)cn2)cc1. The van der Waals surface area contributed by atoms with Gasteiger partial charge in [0.05, 0.1) is 6.54 Å². The molecular formula is C17H17ClN3+. The molecule has 106 valence electrons. The fourth-order valence-corrected chi connectivity index (χ4v) is 2.47. The second-order valence-corrected chi connectivity index (χ2v) is 5.67. The first-order chi connectivity index (χ1) is 10.2. The van der Waals surface area contributed by atoms with E-state index in [0.717, 1.165) is 18.1 Å². The van der Waals surface area contributed by atoms with Gasteiger partial charge in [-0.2, -0.15) is 0 Å². The second-order valence-electron chi connectivity index (χ2n) is 5.23. The number of aryl methyl sites for hydroxylation is 1. The van der Waals surface area contributed by atoms with Crippen LogP contribution in [0, 0.1) is 6.92 Å². The molecule has 0 aliphatic rings. The van der Waals surface area contributed by atoms with Gasteiger partial charge in [0.25, 0.3) is 6.33 Å². The van der Waals surface area contributed by atoms with Crippen LogP contribution in [0.15, 0.2) is 61.2 Å². The number of halogens is 1. The van der Waals surface area contributed by atoms with Gasteiger partial charge in [-0.1, -0.05) is 53.6 Å². The van der Waals surface area contributed by atoms with Crippen LogP contribution in [0.4, 0.5) is 0 Å². The average Bonchev–Trinajstić information content (AvgIpc) is 2.89. The third kappa shape index (κ3) is 3.70. The van der Waals surface area contributed by atoms with Crippen LogP contribution in [0.1, 0.15) is 16.7 Å². The highest BCUT2D eigenvalue weighted by Gasteiger charge is 2.07. The molecule has 2 aromatic carbocycles. The maximum Gasteiger partial charge on any atom is 0.265 e. The molecule has 21 heavy (non-hydrogen) atoms. The van der Waals surface area contributed by atoms with E-state index < -0.39 is 0 Å². The lowest BCUT2D eigenvalue weighted by Crippen LogP contribution is -2.31. The van der Waals surface area contributed by atoms with E-state index in [2.05, 4.69) is 46.9 Å². The normalized spacial score (nSPS) is 10.8. The van der Waals surface area contributed by atoms with Crippen molar-refractivity contribution in [1.29, 1.82) is 0 Å². The maximum atomic E-state index is 6.01. The van der Waals surface area contributed by atoms with Gasteiger partial charge < -0.3 is 0 Å². The molecule has 0 aliphatic carbocycles. The molecule has 0 fully saturated rings. The molecule has 0 aliphatic heterocycles. The van der Waals surface area contributed by atoms with E-state index >= 15 is 0 Å². The Bertz CT molecular complexity index is 732. The number of hydrogen-bond donors (Lipinski definition) is 0. The molecule has 1 heterocycles. The largest absolute Gasteiger partial charge is 0.265 e. The summed E-state index contributed by atoms with van der Waals surface area (Å²) in [6.07, 6.45) is 3.86. The van der Waals surface area contributed by atoms with Gasteiger partial charge in [0, 0.05) is 10.1 Å². The smallest absolute Gasteiger partial charge is 0.233 e. The topological polar surface area (TPSA) is 21.7 Å². The standard InChI is InChI=1S/C17H17ClN3/c1-14-5-7-15(8-6-14)11-21-13-20(12-19-21)10-16-3-2-4-17(18)9-16/h2-9,12-13H,10-11H2,1H3/q+1. The fraction of sp³-hybridized carbons (Fsp3) is 0.176. The van der Waals surface area contributed by atoms with Gasteiger partial charge in [0.2, 0.25) is 6.33 Å². The summed E-state index contributed by atoms with van der Waals surface area (Å²) in [5.74, 6) is 0. The predicted molar refractivity (Wildman–Crippen MR) is 83.3 cm³/mol. The van der Waals surface area contributed by atoms with Crippen LogP contribution in [-0.4, -0.2) is 9.78 Å². The Morgan fingerprint density at radius 2 is 1.90 bits per heavy atom. The number of rotatable bonds is 4. The maximum absolute atomic E-state index is 6.01. The average molecular weight is 299 g/mol. The highest BCUT2D eigenvalue weighted by Crippen LogP contribution is 2.10. The first-order valence-electron chi connectivity index (χ1n) is 6.90. The van der Waals surface area contributed by atoms with E-state index in [-0.39, 0.29) is 0 Å². The van der Waals surface area contributed by atoms with Crippen molar-refractivity contribution in [2.24, 2.45) is 0 Å². The van der Waals surface area contributed by atoms with E-state index in [4.69, 9.17) is 11.6 Å². The molecule has 3 aromatic rings.